The second-order valence-corrected chi connectivity index (χ2v) is 4.95. The van der Waals surface area contributed by atoms with Crippen LogP contribution in [0.15, 0.2) is 12.2 Å². The van der Waals surface area contributed by atoms with Gasteiger partial charge in [0, 0.05) is 5.92 Å². The van der Waals surface area contributed by atoms with E-state index in [0.29, 0.717) is 12.3 Å². The fraction of sp³-hybridized carbons (Fsp3) is 0.833. The minimum atomic E-state index is -0.955. The lowest BCUT2D eigenvalue weighted by Gasteiger charge is -2.45. The molecule has 1 rings (SSSR count). The first-order chi connectivity index (χ1) is 6.38. The summed E-state index contributed by atoms with van der Waals surface area (Å²) >= 11 is 0. The lowest BCUT2D eigenvalue weighted by Crippen LogP contribution is -2.51. The third-order valence-electron chi connectivity index (χ3n) is 3.55. The first kappa shape index (κ1) is 11.7. The van der Waals surface area contributed by atoms with E-state index >= 15 is 0 Å². The molecule has 0 bridgehead atoms. The highest BCUT2D eigenvalue weighted by molar-refractivity contribution is 5.10. The Hall–Kier alpha value is -0.340. The quantitative estimate of drug-likeness (QED) is 0.667. The van der Waals surface area contributed by atoms with E-state index in [9.17, 15) is 10.2 Å². The summed E-state index contributed by atoms with van der Waals surface area (Å²) in [4.78, 5) is 0. The lowest BCUT2D eigenvalue weighted by molar-refractivity contribution is -0.126. The summed E-state index contributed by atoms with van der Waals surface area (Å²) in [6, 6.07) is 0. The van der Waals surface area contributed by atoms with Crippen LogP contribution in [0.25, 0.3) is 0 Å². The molecule has 0 heterocycles. The van der Waals surface area contributed by atoms with Gasteiger partial charge in [-0.2, -0.15) is 0 Å². The molecule has 0 amide bonds. The predicted octanol–water partition coefficient (Wildman–Crippen LogP) is 2.11. The Balaban J connectivity index is 2.88. The SMILES string of the molecule is C=C(C)C1CCC(C)CC1(O)C(C)O. The summed E-state index contributed by atoms with van der Waals surface area (Å²) in [6.45, 7) is 9.65. The Kier molecular flexibility index (Phi) is 3.38. The minimum Gasteiger partial charge on any atom is -0.390 e. The predicted molar refractivity (Wildman–Crippen MR) is 57.9 cm³/mol. The Morgan fingerprint density at radius 1 is 1.50 bits per heavy atom. The molecule has 1 saturated carbocycles. The molecule has 0 aromatic carbocycles. The number of aliphatic hydroxyl groups excluding tert-OH is 1. The molecule has 2 nitrogen and oxygen atoms in total. The van der Waals surface area contributed by atoms with Gasteiger partial charge in [0.1, 0.15) is 0 Å². The van der Waals surface area contributed by atoms with Crippen molar-refractivity contribution in [2.75, 3.05) is 0 Å². The first-order valence-corrected chi connectivity index (χ1v) is 5.43. The summed E-state index contributed by atoms with van der Waals surface area (Å²) in [6.07, 6.45) is 2.07. The molecule has 1 fully saturated rings. The van der Waals surface area contributed by atoms with Crippen molar-refractivity contribution in [3.8, 4) is 0 Å². The van der Waals surface area contributed by atoms with Crippen molar-refractivity contribution in [1.29, 1.82) is 0 Å². The van der Waals surface area contributed by atoms with Crippen LogP contribution in [0.3, 0.4) is 0 Å². The summed E-state index contributed by atoms with van der Waals surface area (Å²) in [5.41, 5.74) is 0.0315. The van der Waals surface area contributed by atoms with Gasteiger partial charge in [-0.3, -0.25) is 0 Å². The molecular weight excluding hydrogens is 176 g/mol. The van der Waals surface area contributed by atoms with E-state index in [2.05, 4.69) is 13.5 Å². The van der Waals surface area contributed by atoms with Gasteiger partial charge in [0.15, 0.2) is 0 Å². The molecule has 82 valence electrons. The summed E-state index contributed by atoms with van der Waals surface area (Å²) in [7, 11) is 0. The van der Waals surface area contributed by atoms with Crippen LogP contribution in [0, 0.1) is 11.8 Å². The fourth-order valence-electron chi connectivity index (χ4n) is 2.64. The second kappa shape index (κ2) is 4.03. The zero-order chi connectivity index (χ0) is 10.9. The van der Waals surface area contributed by atoms with Crippen LogP contribution in [-0.4, -0.2) is 21.9 Å². The number of rotatable bonds is 2. The number of hydrogen-bond donors (Lipinski definition) is 2. The average Bonchev–Trinajstić information content (AvgIpc) is 2.02. The van der Waals surface area contributed by atoms with E-state index in [0.717, 1.165) is 18.4 Å². The zero-order valence-corrected chi connectivity index (χ0v) is 9.45. The van der Waals surface area contributed by atoms with Crippen LogP contribution in [0.4, 0.5) is 0 Å². The summed E-state index contributed by atoms with van der Waals surface area (Å²) in [5.74, 6) is 0.545. The van der Waals surface area contributed by atoms with Crippen LogP contribution in [-0.2, 0) is 0 Å². The maximum absolute atomic E-state index is 10.4. The molecule has 0 radical (unpaired) electrons. The molecule has 2 heteroatoms. The highest BCUT2D eigenvalue weighted by Gasteiger charge is 2.45. The molecule has 0 aromatic heterocycles. The Morgan fingerprint density at radius 3 is 2.50 bits per heavy atom. The first-order valence-electron chi connectivity index (χ1n) is 5.43. The largest absolute Gasteiger partial charge is 0.390 e. The van der Waals surface area contributed by atoms with Crippen LogP contribution in [0.1, 0.15) is 40.0 Å². The van der Waals surface area contributed by atoms with Crippen molar-refractivity contribution in [3.05, 3.63) is 12.2 Å². The molecule has 4 unspecified atom stereocenters. The van der Waals surface area contributed by atoms with Crippen LogP contribution < -0.4 is 0 Å². The van der Waals surface area contributed by atoms with Crippen molar-refractivity contribution in [2.24, 2.45) is 11.8 Å². The van der Waals surface area contributed by atoms with Gasteiger partial charge in [-0.05, 0) is 39.0 Å². The Morgan fingerprint density at radius 2 is 2.07 bits per heavy atom. The minimum absolute atomic E-state index is 0.0544. The van der Waals surface area contributed by atoms with E-state index in [1.165, 1.54) is 0 Å². The molecule has 1 aliphatic rings. The molecule has 2 N–H and O–H groups in total. The van der Waals surface area contributed by atoms with E-state index in [4.69, 9.17) is 0 Å². The topological polar surface area (TPSA) is 40.5 Å². The van der Waals surface area contributed by atoms with Gasteiger partial charge in [-0.25, -0.2) is 0 Å². The van der Waals surface area contributed by atoms with E-state index in [1.54, 1.807) is 6.92 Å². The number of hydrogen-bond acceptors (Lipinski definition) is 2. The highest BCUT2D eigenvalue weighted by Crippen LogP contribution is 2.42. The molecule has 0 spiro atoms. The maximum Gasteiger partial charge on any atom is 0.0969 e. The number of aliphatic hydroxyl groups is 2. The standard InChI is InChI=1S/C12H22O2/c1-8(2)11-6-5-9(3)7-12(11,14)10(4)13/h9-11,13-14H,1,5-7H2,2-4H3. The molecular formula is C12H22O2. The molecule has 14 heavy (non-hydrogen) atoms. The van der Waals surface area contributed by atoms with E-state index in [-0.39, 0.29) is 5.92 Å². The van der Waals surface area contributed by atoms with Crippen molar-refractivity contribution in [3.63, 3.8) is 0 Å². The molecule has 0 aromatic rings. The van der Waals surface area contributed by atoms with Crippen molar-refractivity contribution in [2.45, 2.75) is 51.7 Å². The van der Waals surface area contributed by atoms with Crippen LogP contribution in [0.2, 0.25) is 0 Å². The third-order valence-corrected chi connectivity index (χ3v) is 3.55. The highest BCUT2D eigenvalue weighted by atomic mass is 16.3. The smallest absolute Gasteiger partial charge is 0.0969 e. The zero-order valence-electron chi connectivity index (χ0n) is 9.45. The Labute approximate surface area is 86.6 Å². The monoisotopic (exact) mass is 198 g/mol. The van der Waals surface area contributed by atoms with Gasteiger partial charge < -0.3 is 10.2 Å². The normalized spacial score (nSPS) is 40.6. The molecule has 0 saturated heterocycles. The van der Waals surface area contributed by atoms with Crippen molar-refractivity contribution < 1.29 is 10.2 Å². The Bertz CT molecular complexity index is 222. The maximum atomic E-state index is 10.4. The second-order valence-electron chi connectivity index (χ2n) is 4.95. The molecule has 4 atom stereocenters. The molecule has 1 aliphatic carbocycles. The van der Waals surface area contributed by atoms with Gasteiger partial charge in [0.05, 0.1) is 11.7 Å². The van der Waals surface area contributed by atoms with E-state index in [1.807, 2.05) is 6.92 Å². The van der Waals surface area contributed by atoms with Crippen molar-refractivity contribution in [1.82, 2.24) is 0 Å². The summed E-state index contributed by atoms with van der Waals surface area (Å²) < 4.78 is 0. The van der Waals surface area contributed by atoms with Crippen molar-refractivity contribution >= 4 is 0 Å². The van der Waals surface area contributed by atoms with Gasteiger partial charge in [-0.1, -0.05) is 19.1 Å². The van der Waals surface area contributed by atoms with Gasteiger partial charge in [0.2, 0.25) is 0 Å². The third kappa shape index (κ3) is 2.01. The average molecular weight is 198 g/mol. The van der Waals surface area contributed by atoms with Gasteiger partial charge in [0.25, 0.3) is 0 Å². The summed E-state index contributed by atoms with van der Waals surface area (Å²) in [5, 5.41) is 20.1. The van der Waals surface area contributed by atoms with E-state index < -0.39 is 11.7 Å². The van der Waals surface area contributed by atoms with Crippen LogP contribution in [0.5, 0.6) is 0 Å². The van der Waals surface area contributed by atoms with Gasteiger partial charge in [-0.15, -0.1) is 0 Å². The van der Waals surface area contributed by atoms with Gasteiger partial charge >= 0.3 is 0 Å². The fourth-order valence-corrected chi connectivity index (χ4v) is 2.64. The van der Waals surface area contributed by atoms with Crippen LogP contribution >= 0.6 is 0 Å². The molecule has 0 aliphatic heterocycles. The lowest BCUT2D eigenvalue weighted by atomic mass is 9.67.